The largest absolute Gasteiger partial charge is 0.378 e. The summed E-state index contributed by atoms with van der Waals surface area (Å²) in [6.07, 6.45) is 7.71. The fraction of sp³-hybridized carbons (Fsp3) is 0.857. The molecule has 0 aromatic rings. The van der Waals surface area contributed by atoms with Crippen molar-refractivity contribution in [2.24, 2.45) is 22.6 Å². The van der Waals surface area contributed by atoms with Crippen LogP contribution in [0.2, 0.25) is 0 Å². The Bertz CT molecular complexity index is 804. The van der Waals surface area contributed by atoms with Gasteiger partial charge in [0.15, 0.2) is 5.96 Å². The average molecular weight is 474 g/mol. The van der Waals surface area contributed by atoms with Crippen molar-refractivity contribution >= 4 is 27.6 Å². The van der Waals surface area contributed by atoms with E-state index in [0.717, 1.165) is 62.6 Å². The highest BCUT2D eigenvalue weighted by atomic mass is 35.5. The van der Waals surface area contributed by atoms with Gasteiger partial charge in [0.05, 0.1) is 23.4 Å². The fourth-order valence-corrected chi connectivity index (χ4v) is 6.49. The van der Waals surface area contributed by atoms with Crippen LogP contribution in [0.4, 0.5) is 0 Å². The molecule has 31 heavy (non-hydrogen) atoms. The van der Waals surface area contributed by atoms with Crippen molar-refractivity contribution in [3.8, 4) is 0 Å². The van der Waals surface area contributed by atoms with Gasteiger partial charge in [-0.2, -0.15) is 0 Å². The Kier molecular flexibility index (Phi) is 7.18. The molecule has 2 atom stereocenters. The van der Waals surface area contributed by atoms with Crippen LogP contribution in [0.25, 0.3) is 0 Å². The number of piperidine rings is 2. The van der Waals surface area contributed by atoms with Gasteiger partial charge in [0.25, 0.3) is 0 Å². The molecule has 3 heterocycles. The van der Waals surface area contributed by atoms with E-state index in [0.29, 0.717) is 38.1 Å². The van der Waals surface area contributed by atoms with Gasteiger partial charge in [0, 0.05) is 44.5 Å². The minimum atomic E-state index is -3.08. The molecule has 176 valence electrons. The molecule has 2 saturated heterocycles. The first-order valence-electron chi connectivity index (χ1n) is 11.6. The summed E-state index contributed by atoms with van der Waals surface area (Å²) in [4.78, 5) is 6.73. The summed E-state index contributed by atoms with van der Waals surface area (Å²) in [5.41, 5.74) is 6.60. The Morgan fingerprint density at radius 2 is 1.97 bits per heavy atom. The fourth-order valence-electron chi connectivity index (χ4n) is 5.24. The Balaban J connectivity index is 1.15. The number of halogens is 1. The van der Waals surface area contributed by atoms with Gasteiger partial charge in [0.1, 0.15) is 0 Å². The van der Waals surface area contributed by atoms with Gasteiger partial charge in [-0.25, -0.2) is 17.7 Å². The summed E-state index contributed by atoms with van der Waals surface area (Å²) in [5, 5.41) is 4.02. The van der Waals surface area contributed by atoms with Crippen LogP contribution in [0.15, 0.2) is 16.2 Å². The third kappa shape index (κ3) is 5.55. The highest BCUT2D eigenvalue weighted by molar-refractivity contribution is 7.89. The minimum absolute atomic E-state index is 0.0873. The van der Waals surface area contributed by atoms with Gasteiger partial charge < -0.3 is 20.7 Å². The molecular formula is C21H36ClN5O3S. The molecule has 0 unspecified atom stereocenters. The highest BCUT2D eigenvalue weighted by Gasteiger charge is 2.54. The number of hydrogen-bond donors (Lipinski definition) is 2. The number of nitrogens with one attached hydrogen (secondary N) is 1. The Morgan fingerprint density at radius 1 is 1.26 bits per heavy atom. The van der Waals surface area contributed by atoms with Gasteiger partial charge in [-0.3, -0.25) is 0 Å². The smallest absolute Gasteiger partial charge is 0.213 e. The number of sulfonamides is 1. The van der Waals surface area contributed by atoms with Crippen molar-refractivity contribution in [1.29, 1.82) is 0 Å². The molecule has 4 rings (SSSR count). The third-order valence-corrected chi connectivity index (χ3v) is 9.52. The van der Waals surface area contributed by atoms with Gasteiger partial charge in [-0.05, 0) is 57.3 Å². The Labute approximate surface area is 191 Å². The normalized spacial score (nSPS) is 31.2. The molecule has 1 aliphatic carbocycles. The molecule has 4 aliphatic rings. The first kappa shape index (κ1) is 23.3. The van der Waals surface area contributed by atoms with Gasteiger partial charge in [-0.15, -0.1) is 0 Å². The Hall–Kier alpha value is -0.870. The van der Waals surface area contributed by atoms with E-state index in [4.69, 9.17) is 22.1 Å². The molecule has 3 N–H and O–H groups in total. The van der Waals surface area contributed by atoms with Crippen LogP contribution in [0, 0.1) is 11.8 Å². The van der Waals surface area contributed by atoms with E-state index in [1.54, 1.807) is 17.4 Å². The zero-order chi connectivity index (χ0) is 22.1. The number of hydrogen-bond acceptors (Lipinski definition) is 7. The maximum Gasteiger partial charge on any atom is 0.213 e. The molecule has 0 aromatic carbocycles. The second-order valence-electron chi connectivity index (χ2n) is 9.37. The Morgan fingerprint density at radius 3 is 2.58 bits per heavy atom. The SMILES string of the molecule is CCS(=O)(=O)N1CCC(OCC[C@]2(N)C[C@@H]2C2CCN(C3=NC=C(Cl)CN3)CC2)CC1. The minimum Gasteiger partial charge on any atom is -0.378 e. The second kappa shape index (κ2) is 9.55. The van der Waals surface area contributed by atoms with Gasteiger partial charge in [0.2, 0.25) is 10.0 Å². The molecule has 0 spiro atoms. The number of nitrogens with two attached hydrogens (primary N) is 1. The van der Waals surface area contributed by atoms with Gasteiger partial charge >= 0.3 is 0 Å². The van der Waals surface area contributed by atoms with Gasteiger partial charge in [-0.1, -0.05) is 11.6 Å². The molecule has 3 aliphatic heterocycles. The maximum atomic E-state index is 12.0. The van der Waals surface area contributed by atoms with Crippen LogP contribution in [-0.2, 0) is 14.8 Å². The van der Waals surface area contributed by atoms with Crippen molar-refractivity contribution in [2.75, 3.05) is 45.1 Å². The molecule has 0 aromatic heterocycles. The van der Waals surface area contributed by atoms with Crippen molar-refractivity contribution in [1.82, 2.24) is 14.5 Å². The standard InChI is InChI=1S/C21H36ClN5O3S/c1-2-31(28,29)27-10-5-18(6-11-27)30-12-7-21(23)13-19(21)16-3-8-26(9-4-16)20-24-14-17(22)15-25-20/h14,16,18-19H,2-13,15,23H2,1H3,(H,24,25)/t19-,21+/m1/s1. The van der Waals surface area contributed by atoms with Crippen LogP contribution >= 0.6 is 11.6 Å². The van der Waals surface area contributed by atoms with E-state index in [1.165, 1.54) is 0 Å². The lowest BCUT2D eigenvalue weighted by molar-refractivity contribution is 0.0159. The molecule has 10 heteroatoms. The number of aliphatic imine (C=N–C) groups is 1. The number of rotatable bonds is 7. The molecule has 3 fully saturated rings. The summed E-state index contributed by atoms with van der Waals surface area (Å²) in [6, 6.07) is 0. The lowest BCUT2D eigenvalue weighted by atomic mass is 9.89. The van der Waals surface area contributed by atoms with E-state index in [1.807, 2.05) is 0 Å². The number of guanidine groups is 1. The highest BCUT2D eigenvalue weighted by Crippen LogP contribution is 2.51. The quantitative estimate of drug-likeness (QED) is 0.583. The predicted octanol–water partition coefficient (Wildman–Crippen LogP) is 1.68. The van der Waals surface area contributed by atoms with Crippen molar-refractivity contribution in [2.45, 2.75) is 57.1 Å². The lowest BCUT2D eigenvalue weighted by Crippen LogP contribution is -2.47. The monoisotopic (exact) mass is 473 g/mol. The van der Waals surface area contributed by atoms with Crippen LogP contribution in [0.5, 0.6) is 0 Å². The first-order valence-corrected chi connectivity index (χ1v) is 13.6. The van der Waals surface area contributed by atoms with E-state index in [-0.39, 0.29) is 17.4 Å². The lowest BCUT2D eigenvalue weighted by Gasteiger charge is -2.35. The predicted molar refractivity (Wildman–Crippen MR) is 123 cm³/mol. The molecular weight excluding hydrogens is 438 g/mol. The maximum absolute atomic E-state index is 12.0. The number of nitrogens with zero attached hydrogens (tertiary/aromatic N) is 3. The zero-order valence-electron chi connectivity index (χ0n) is 18.4. The molecule has 0 bridgehead atoms. The summed E-state index contributed by atoms with van der Waals surface area (Å²) >= 11 is 5.97. The summed E-state index contributed by atoms with van der Waals surface area (Å²) < 4.78 is 31.6. The summed E-state index contributed by atoms with van der Waals surface area (Å²) in [6.45, 7) is 6.17. The van der Waals surface area contributed by atoms with Crippen LogP contribution < -0.4 is 11.1 Å². The number of ether oxygens (including phenoxy) is 1. The second-order valence-corrected chi connectivity index (χ2v) is 12.1. The molecule has 8 nitrogen and oxygen atoms in total. The molecule has 1 saturated carbocycles. The van der Waals surface area contributed by atoms with Crippen molar-refractivity contribution in [3.05, 3.63) is 11.2 Å². The third-order valence-electron chi connectivity index (χ3n) is 7.41. The van der Waals surface area contributed by atoms with E-state index < -0.39 is 10.0 Å². The summed E-state index contributed by atoms with van der Waals surface area (Å²) in [5.74, 6) is 2.37. The molecule has 0 amide bonds. The zero-order valence-corrected chi connectivity index (χ0v) is 20.0. The number of likely N-dealkylation sites (tertiary alicyclic amines) is 1. The van der Waals surface area contributed by atoms with E-state index >= 15 is 0 Å². The van der Waals surface area contributed by atoms with Crippen molar-refractivity contribution in [3.63, 3.8) is 0 Å². The topological polar surface area (TPSA) is 100 Å². The van der Waals surface area contributed by atoms with Crippen LogP contribution in [0.3, 0.4) is 0 Å². The van der Waals surface area contributed by atoms with Crippen LogP contribution in [0.1, 0.15) is 45.4 Å². The van der Waals surface area contributed by atoms with E-state index in [2.05, 4.69) is 15.2 Å². The first-order chi connectivity index (χ1) is 14.8. The summed E-state index contributed by atoms with van der Waals surface area (Å²) in [7, 11) is -3.08. The van der Waals surface area contributed by atoms with E-state index in [9.17, 15) is 8.42 Å². The average Bonchev–Trinajstić information content (AvgIpc) is 3.46. The molecule has 0 radical (unpaired) electrons. The van der Waals surface area contributed by atoms with Crippen molar-refractivity contribution < 1.29 is 13.2 Å². The van der Waals surface area contributed by atoms with Crippen LogP contribution in [-0.4, -0.2) is 80.3 Å².